The van der Waals surface area contributed by atoms with Gasteiger partial charge in [0.25, 0.3) is 0 Å². The molecule has 4 aromatic carbocycles. The molecule has 112 valence electrons. The number of fused-ring (bicyclic) bond motifs is 8. The summed E-state index contributed by atoms with van der Waals surface area (Å²) in [5.74, 6) is 0. The summed E-state index contributed by atoms with van der Waals surface area (Å²) in [5.41, 5.74) is 5.80. The first kappa shape index (κ1) is 14.0. The van der Waals surface area contributed by atoms with Crippen molar-refractivity contribution in [2.24, 2.45) is 0 Å². The highest BCUT2D eigenvalue weighted by atomic mass is 14.3. The van der Waals surface area contributed by atoms with Gasteiger partial charge in [-0.25, -0.2) is 0 Å². The molecular weight excluding hydrogens is 276 g/mol. The maximum atomic E-state index is 2.27. The summed E-state index contributed by atoms with van der Waals surface area (Å²) in [6.07, 6.45) is 1.05. The molecule has 0 saturated heterocycles. The second kappa shape index (κ2) is 5.55. The fourth-order valence-electron chi connectivity index (χ4n) is 3.81. The lowest BCUT2D eigenvalue weighted by Crippen LogP contribution is -1.87. The van der Waals surface area contributed by atoms with E-state index in [-0.39, 0.29) is 0 Å². The normalized spacial score (nSPS) is 11.7. The highest BCUT2D eigenvalue weighted by Gasteiger charge is 2.23. The van der Waals surface area contributed by atoms with Crippen LogP contribution in [-0.4, -0.2) is 0 Å². The number of hydrogen-bond acceptors (Lipinski definition) is 0. The minimum absolute atomic E-state index is 1.05. The van der Waals surface area contributed by atoms with Gasteiger partial charge < -0.3 is 0 Å². The summed E-state index contributed by atoms with van der Waals surface area (Å²) >= 11 is 0. The quantitative estimate of drug-likeness (QED) is 0.283. The van der Waals surface area contributed by atoms with Crippen LogP contribution in [0, 0.1) is 0 Å². The standard InChI is InChI=1S/C21H14.C2H6/c1-2-8-15-14(7-1)13-20-18-11-4-3-9-16(18)17-10-5-6-12-19(17)21(15)20;1-2/h1-12H,13H2;1-2H3. The van der Waals surface area contributed by atoms with Crippen molar-refractivity contribution in [3.05, 3.63) is 83.9 Å². The molecule has 5 rings (SSSR count). The zero-order valence-corrected chi connectivity index (χ0v) is 13.6. The molecule has 1 aliphatic carbocycles. The molecular formula is C23H20. The lowest BCUT2D eigenvalue weighted by molar-refractivity contribution is 1.29. The smallest absolute Gasteiger partial charge is 0.000705 e. The molecule has 0 atom stereocenters. The van der Waals surface area contributed by atoms with Gasteiger partial charge in [-0.1, -0.05) is 86.6 Å². The van der Waals surface area contributed by atoms with E-state index in [1.165, 1.54) is 43.8 Å². The van der Waals surface area contributed by atoms with Gasteiger partial charge >= 0.3 is 0 Å². The third-order valence-corrected chi connectivity index (χ3v) is 4.69. The minimum Gasteiger partial charge on any atom is -0.0683 e. The van der Waals surface area contributed by atoms with Gasteiger partial charge in [-0.2, -0.15) is 0 Å². The summed E-state index contributed by atoms with van der Waals surface area (Å²) in [6, 6.07) is 26.5. The highest BCUT2D eigenvalue weighted by molar-refractivity contribution is 6.17. The van der Waals surface area contributed by atoms with Crippen molar-refractivity contribution >= 4 is 21.5 Å². The first-order chi connectivity index (χ1) is 11.4. The molecule has 0 amide bonds. The van der Waals surface area contributed by atoms with E-state index in [0.717, 1.165) is 6.42 Å². The van der Waals surface area contributed by atoms with E-state index in [1.54, 1.807) is 0 Å². The summed E-state index contributed by atoms with van der Waals surface area (Å²) in [6.45, 7) is 4.00. The number of benzene rings is 4. The van der Waals surface area contributed by atoms with Crippen LogP contribution in [0.5, 0.6) is 0 Å². The van der Waals surface area contributed by atoms with E-state index in [9.17, 15) is 0 Å². The Balaban J connectivity index is 0.000000652. The zero-order chi connectivity index (χ0) is 15.8. The molecule has 1 aliphatic rings. The van der Waals surface area contributed by atoms with E-state index in [2.05, 4.69) is 72.8 Å². The second-order valence-corrected chi connectivity index (χ2v) is 5.78. The monoisotopic (exact) mass is 296 g/mol. The Bertz CT molecular complexity index is 1010. The van der Waals surface area contributed by atoms with Gasteiger partial charge in [0, 0.05) is 0 Å². The van der Waals surface area contributed by atoms with Crippen LogP contribution >= 0.6 is 0 Å². The topological polar surface area (TPSA) is 0 Å². The van der Waals surface area contributed by atoms with Gasteiger partial charge in [-0.3, -0.25) is 0 Å². The third-order valence-electron chi connectivity index (χ3n) is 4.69. The van der Waals surface area contributed by atoms with Crippen LogP contribution in [0.25, 0.3) is 32.7 Å². The molecule has 4 aromatic rings. The fraction of sp³-hybridized carbons (Fsp3) is 0.130. The van der Waals surface area contributed by atoms with Crippen molar-refractivity contribution in [3.8, 4) is 11.1 Å². The van der Waals surface area contributed by atoms with Crippen molar-refractivity contribution < 1.29 is 0 Å². The van der Waals surface area contributed by atoms with Gasteiger partial charge in [-0.15, -0.1) is 0 Å². The molecule has 0 N–H and O–H groups in total. The average molecular weight is 296 g/mol. The molecule has 0 saturated carbocycles. The average Bonchev–Trinajstić information content (AvgIpc) is 3.04. The molecule has 0 heteroatoms. The van der Waals surface area contributed by atoms with Crippen molar-refractivity contribution in [1.29, 1.82) is 0 Å². The van der Waals surface area contributed by atoms with Crippen molar-refractivity contribution in [2.45, 2.75) is 20.3 Å². The Morgan fingerprint density at radius 1 is 0.565 bits per heavy atom. The van der Waals surface area contributed by atoms with Crippen LogP contribution in [0.15, 0.2) is 72.8 Å². The van der Waals surface area contributed by atoms with Gasteiger partial charge in [0.1, 0.15) is 0 Å². The van der Waals surface area contributed by atoms with E-state index < -0.39 is 0 Å². The molecule has 0 bridgehead atoms. The number of hydrogen-bond donors (Lipinski definition) is 0. The van der Waals surface area contributed by atoms with Crippen LogP contribution < -0.4 is 0 Å². The molecule has 23 heavy (non-hydrogen) atoms. The van der Waals surface area contributed by atoms with Gasteiger partial charge in [0.05, 0.1) is 0 Å². The Hall–Kier alpha value is -2.60. The second-order valence-electron chi connectivity index (χ2n) is 5.78. The lowest BCUT2D eigenvalue weighted by atomic mass is 9.92. The molecule has 0 aromatic heterocycles. The largest absolute Gasteiger partial charge is 0.0683 e. The molecule has 0 radical (unpaired) electrons. The summed E-state index contributed by atoms with van der Waals surface area (Å²) in [7, 11) is 0. The van der Waals surface area contributed by atoms with E-state index in [1.807, 2.05) is 13.8 Å². The molecule has 0 unspecified atom stereocenters. The molecule has 0 aliphatic heterocycles. The summed E-state index contributed by atoms with van der Waals surface area (Å²) in [4.78, 5) is 0. The SMILES string of the molecule is CC.c1ccc2c(c1)Cc1c-2c2ccccc2c2ccccc12. The zero-order valence-electron chi connectivity index (χ0n) is 13.6. The maximum Gasteiger partial charge on any atom is -0.000705 e. The molecule has 0 heterocycles. The van der Waals surface area contributed by atoms with Crippen molar-refractivity contribution in [3.63, 3.8) is 0 Å². The lowest BCUT2D eigenvalue weighted by Gasteiger charge is -2.12. The van der Waals surface area contributed by atoms with Gasteiger partial charge in [0.2, 0.25) is 0 Å². The van der Waals surface area contributed by atoms with Crippen LogP contribution in [0.4, 0.5) is 0 Å². The van der Waals surface area contributed by atoms with Crippen LogP contribution in [0.2, 0.25) is 0 Å². The first-order valence-corrected chi connectivity index (χ1v) is 8.44. The van der Waals surface area contributed by atoms with Crippen molar-refractivity contribution in [2.75, 3.05) is 0 Å². The van der Waals surface area contributed by atoms with E-state index >= 15 is 0 Å². The van der Waals surface area contributed by atoms with Crippen LogP contribution in [0.3, 0.4) is 0 Å². The van der Waals surface area contributed by atoms with Crippen molar-refractivity contribution in [1.82, 2.24) is 0 Å². The third kappa shape index (κ3) is 1.98. The first-order valence-electron chi connectivity index (χ1n) is 8.44. The Labute approximate surface area is 137 Å². The number of rotatable bonds is 0. The predicted molar refractivity (Wildman–Crippen MR) is 101 cm³/mol. The highest BCUT2D eigenvalue weighted by Crippen LogP contribution is 2.45. The van der Waals surface area contributed by atoms with Gasteiger partial charge in [-0.05, 0) is 50.2 Å². The van der Waals surface area contributed by atoms with E-state index in [4.69, 9.17) is 0 Å². The summed E-state index contributed by atoms with van der Waals surface area (Å²) < 4.78 is 0. The molecule has 0 fully saturated rings. The molecule has 0 nitrogen and oxygen atoms in total. The maximum absolute atomic E-state index is 2.27. The fourth-order valence-corrected chi connectivity index (χ4v) is 3.81. The minimum atomic E-state index is 1.05. The summed E-state index contributed by atoms with van der Waals surface area (Å²) in [5, 5.41) is 5.53. The Kier molecular flexibility index (Phi) is 3.38. The van der Waals surface area contributed by atoms with E-state index in [0.29, 0.717) is 0 Å². The van der Waals surface area contributed by atoms with Gasteiger partial charge in [0.15, 0.2) is 0 Å². The predicted octanol–water partition coefficient (Wildman–Crippen LogP) is 6.59. The van der Waals surface area contributed by atoms with Crippen LogP contribution in [0.1, 0.15) is 25.0 Å². The van der Waals surface area contributed by atoms with Crippen LogP contribution in [-0.2, 0) is 6.42 Å². The molecule has 0 spiro atoms. The Morgan fingerprint density at radius 2 is 1.09 bits per heavy atom. The Morgan fingerprint density at radius 3 is 1.83 bits per heavy atom.